The van der Waals surface area contributed by atoms with Crippen molar-refractivity contribution in [3.63, 3.8) is 0 Å². The first kappa shape index (κ1) is 22.1. The van der Waals surface area contributed by atoms with E-state index in [4.69, 9.17) is 23.2 Å². The van der Waals surface area contributed by atoms with E-state index in [9.17, 15) is 19.5 Å². The maximum Gasteiger partial charge on any atom is 0.234 e. The van der Waals surface area contributed by atoms with E-state index in [0.29, 0.717) is 21.8 Å². The standard InChI is InChI=1S/C19H18Cl2N2O4S/c1-10-14(20)8-15(19(27)18(10)21)23-16(25)7-12-3-5-13(6-4-12)22-17(26)9-28-11(2)24/h3-6,8,27H,7,9H2,1-2H3,(H,22,26)(H,23,25). The Morgan fingerprint density at radius 1 is 1.07 bits per heavy atom. The van der Waals surface area contributed by atoms with Gasteiger partial charge in [0.15, 0.2) is 10.9 Å². The zero-order valence-electron chi connectivity index (χ0n) is 15.1. The Labute approximate surface area is 176 Å². The van der Waals surface area contributed by atoms with Gasteiger partial charge in [-0.15, -0.1) is 0 Å². The third-order valence-electron chi connectivity index (χ3n) is 3.70. The lowest BCUT2D eigenvalue weighted by Crippen LogP contribution is -2.16. The molecular formula is C19H18Cl2N2O4S. The SMILES string of the molecule is CC(=O)SCC(=O)Nc1ccc(CC(=O)Nc2cc(Cl)c(C)c(Cl)c2O)cc1. The molecule has 0 bridgehead atoms. The quantitative estimate of drug-likeness (QED) is 0.578. The van der Waals surface area contributed by atoms with Gasteiger partial charge in [-0.3, -0.25) is 14.4 Å². The molecule has 2 rings (SSSR count). The van der Waals surface area contributed by atoms with Crippen LogP contribution in [0.4, 0.5) is 11.4 Å². The van der Waals surface area contributed by atoms with Crippen molar-refractivity contribution in [3.8, 4) is 5.75 Å². The summed E-state index contributed by atoms with van der Waals surface area (Å²) >= 11 is 13.0. The summed E-state index contributed by atoms with van der Waals surface area (Å²) in [4.78, 5) is 34.8. The van der Waals surface area contributed by atoms with Crippen LogP contribution < -0.4 is 10.6 Å². The molecule has 148 valence electrons. The molecule has 0 atom stereocenters. The van der Waals surface area contributed by atoms with Gasteiger partial charge in [-0.1, -0.05) is 47.1 Å². The molecule has 0 fully saturated rings. The second kappa shape index (κ2) is 9.82. The van der Waals surface area contributed by atoms with Crippen LogP contribution in [0.25, 0.3) is 0 Å². The molecule has 6 nitrogen and oxygen atoms in total. The van der Waals surface area contributed by atoms with Crippen LogP contribution in [0.15, 0.2) is 30.3 Å². The van der Waals surface area contributed by atoms with Gasteiger partial charge in [-0.2, -0.15) is 0 Å². The molecule has 3 N–H and O–H groups in total. The van der Waals surface area contributed by atoms with E-state index in [-0.39, 0.29) is 45.6 Å². The number of rotatable bonds is 6. The topological polar surface area (TPSA) is 95.5 Å². The van der Waals surface area contributed by atoms with Crippen molar-refractivity contribution in [2.75, 3.05) is 16.4 Å². The second-order valence-electron chi connectivity index (χ2n) is 5.94. The van der Waals surface area contributed by atoms with Crippen LogP contribution in [-0.4, -0.2) is 27.8 Å². The van der Waals surface area contributed by atoms with Gasteiger partial charge in [0, 0.05) is 17.6 Å². The van der Waals surface area contributed by atoms with E-state index >= 15 is 0 Å². The number of hydrogen-bond acceptors (Lipinski definition) is 5. The number of anilines is 2. The molecule has 2 amide bonds. The lowest BCUT2D eigenvalue weighted by Gasteiger charge is -2.12. The van der Waals surface area contributed by atoms with Crippen LogP contribution in [0, 0.1) is 6.92 Å². The number of hydrogen-bond donors (Lipinski definition) is 3. The fourth-order valence-corrected chi connectivity index (χ4v) is 3.11. The zero-order valence-corrected chi connectivity index (χ0v) is 17.5. The molecule has 0 aliphatic rings. The Kier molecular flexibility index (Phi) is 7.74. The first-order valence-corrected chi connectivity index (χ1v) is 9.91. The molecule has 28 heavy (non-hydrogen) atoms. The van der Waals surface area contributed by atoms with Crippen molar-refractivity contribution < 1.29 is 19.5 Å². The van der Waals surface area contributed by atoms with Crippen LogP contribution in [-0.2, 0) is 20.8 Å². The Morgan fingerprint density at radius 3 is 2.32 bits per heavy atom. The number of thioether (sulfide) groups is 1. The Balaban J connectivity index is 1.96. The summed E-state index contributed by atoms with van der Waals surface area (Å²) in [6.07, 6.45) is 0.0525. The van der Waals surface area contributed by atoms with Crippen LogP contribution in [0.3, 0.4) is 0 Å². The van der Waals surface area contributed by atoms with Crippen LogP contribution in [0.5, 0.6) is 5.75 Å². The monoisotopic (exact) mass is 440 g/mol. The summed E-state index contributed by atoms with van der Waals surface area (Å²) in [5.41, 5.74) is 1.93. The third-order valence-corrected chi connectivity index (χ3v) is 5.37. The van der Waals surface area contributed by atoms with Gasteiger partial charge in [-0.25, -0.2) is 0 Å². The summed E-state index contributed by atoms with van der Waals surface area (Å²) < 4.78 is 0. The Bertz CT molecular complexity index is 917. The molecule has 2 aromatic rings. The van der Waals surface area contributed by atoms with Crippen LogP contribution in [0.2, 0.25) is 10.0 Å². The average Bonchev–Trinajstić information content (AvgIpc) is 2.64. The number of aromatic hydroxyl groups is 1. The van der Waals surface area contributed by atoms with Gasteiger partial charge in [0.05, 0.1) is 22.9 Å². The molecule has 0 spiro atoms. The van der Waals surface area contributed by atoms with Gasteiger partial charge < -0.3 is 15.7 Å². The largest absolute Gasteiger partial charge is 0.504 e. The highest BCUT2D eigenvalue weighted by molar-refractivity contribution is 8.14. The minimum absolute atomic E-state index is 0.0463. The van der Waals surface area contributed by atoms with Crippen molar-refractivity contribution in [3.05, 3.63) is 51.5 Å². The van der Waals surface area contributed by atoms with E-state index < -0.39 is 0 Å². The average molecular weight is 441 g/mol. The predicted molar refractivity (Wildman–Crippen MR) is 113 cm³/mol. The molecule has 0 saturated heterocycles. The molecule has 2 aromatic carbocycles. The van der Waals surface area contributed by atoms with Crippen molar-refractivity contribution in [2.45, 2.75) is 20.3 Å². The van der Waals surface area contributed by atoms with E-state index in [0.717, 1.165) is 11.8 Å². The van der Waals surface area contributed by atoms with Crippen molar-refractivity contribution >= 4 is 63.3 Å². The smallest absolute Gasteiger partial charge is 0.234 e. The van der Waals surface area contributed by atoms with Crippen molar-refractivity contribution in [2.24, 2.45) is 0 Å². The first-order chi connectivity index (χ1) is 13.2. The number of amides is 2. The maximum absolute atomic E-state index is 12.2. The highest BCUT2D eigenvalue weighted by atomic mass is 35.5. The van der Waals surface area contributed by atoms with E-state index in [2.05, 4.69) is 10.6 Å². The molecule has 0 radical (unpaired) electrons. The molecular weight excluding hydrogens is 423 g/mol. The van der Waals surface area contributed by atoms with E-state index in [1.807, 2.05) is 0 Å². The van der Waals surface area contributed by atoms with Gasteiger partial charge in [0.2, 0.25) is 11.8 Å². The predicted octanol–water partition coefficient (Wildman–Crippen LogP) is 4.41. The number of benzene rings is 2. The molecule has 0 aliphatic carbocycles. The number of carbonyl (C=O) groups excluding carboxylic acids is 3. The summed E-state index contributed by atoms with van der Waals surface area (Å²) in [6, 6.07) is 8.16. The zero-order chi connectivity index (χ0) is 20.8. The summed E-state index contributed by atoms with van der Waals surface area (Å²) in [7, 11) is 0. The molecule has 0 unspecified atom stereocenters. The first-order valence-electron chi connectivity index (χ1n) is 8.17. The lowest BCUT2D eigenvalue weighted by molar-refractivity contribution is -0.115. The number of phenolic OH excluding ortho intramolecular Hbond substituents is 1. The maximum atomic E-state index is 12.2. The lowest BCUT2D eigenvalue weighted by atomic mass is 10.1. The third kappa shape index (κ3) is 6.15. The molecule has 0 heterocycles. The fourth-order valence-electron chi connectivity index (χ4n) is 2.25. The minimum Gasteiger partial charge on any atom is -0.504 e. The number of halogens is 2. The molecule has 0 aromatic heterocycles. The fraction of sp³-hybridized carbons (Fsp3) is 0.211. The molecule has 9 heteroatoms. The van der Waals surface area contributed by atoms with Crippen LogP contribution in [0.1, 0.15) is 18.1 Å². The Morgan fingerprint density at radius 2 is 1.71 bits per heavy atom. The Hall–Kier alpha value is -2.22. The van der Waals surface area contributed by atoms with Gasteiger partial charge in [-0.05, 0) is 36.2 Å². The summed E-state index contributed by atoms with van der Waals surface area (Å²) in [5.74, 6) is -0.835. The second-order valence-corrected chi connectivity index (χ2v) is 7.88. The van der Waals surface area contributed by atoms with Gasteiger partial charge in [0.1, 0.15) is 0 Å². The minimum atomic E-state index is -0.360. The summed E-state index contributed by atoms with van der Waals surface area (Å²) in [6.45, 7) is 3.06. The van der Waals surface area contributed by atoms with E-state index in [1.54, 1.807) is 31.2 Å². The van der Waals surface area contributed by atoms with Crippen molar-refractivity contribution in [1.29, 1.82) is 0 Å². The number of nitrogens with one attached hydrogen (secondary N) is 2. The highest BCUT2D eigenvalue weighted by Crippen LogP contribution is 2.38. The van der Waals surface area contributed by atoms with Crippen LogP contribution >= 0.6 is 35.0 Å². The summed E-state index contributed by atoms with van der Waals surface area (Å²) in [5, 5.41) is 15.6. The van der Waals surface area contributed by atoms with Crippen molar-refractivity contribution in [1.82, 2.24) is 0 Å². The van der Waals surface area contributed by atoms with E-state index in [1.165, 1.54) is 13.0 Å². The van der Waals surface area contributed by atoms with Gasteiger partial charge >= 0.3 is 0 Å². The molecule has 0 aliphatic heterocycles. The normalized spacial score (nSPS) is 10.4. The number of phenols is 1. The highest BCUT2D eigenvalue weighted by Gasteiger charge is 2.15. The van der Waals surface area contributed by atoms with Gasteiger partial charge in [0.25, 0.3) is 0 Å². The molecule has 0 saturated carbocycles. The number of carbonyl (C=O) groups is 3.